The minimum Gasteiger partial charge on any atom is -0.330 e. The molecule has 0 aliphatic rings. The van der Waals surface area contributed by atoms with Crippen LogP contribution < -0.4 is 5.73 Å². The minimum atomic E-state index is 0.727. The van der Waals surface area contributed by atoms with Gasteiger partial charge in [-0.2, -0.15) is 0 Å². The lowest BCUT2D eigenvalue weighted by Gasteiger charge is -2.23. The second-order valence-corrected chi connectivity index (χ2v) is 5.85. The van der Waals surface area contributed by atoms with E-state index in [1.54, 1.807) is 0 Å². The molecule has 21 heavy (non-hydrogen) atoms. The topological polar surface area (TPSA) is 29.3 Å². The summed E-state index contributed by atoms with van der Waals surface area (Å²) in [6.45, 7) is 5.73. The summed E-state index contributed by atoms with van der Waals surface area (Å²) in [5, 5.41) is 0.799. The molecule has 0 aromatic heterocycles. The van der Waals surface area contributed by atoms with Crippen LogP contribution >= 0.6 is 11.6 Å². The predicted octanol–water partition coefficient (Wildman–Crippen LogP) is 4.00. The van der Waals surface area contributed by atoms with E-state index >= 15 is 0 Å². The number of hydrogen-bond donors (Lipinski definition) is 1. The van der Waals surface area contributed by atoms with Crippen molar-refractivity contribution in [3.63, 3.8) is 0 Å². The molecule has 0 radical (unpaired) electrons. The Hall–Kier alpha value is -1.35. The highest BCUT2D eigenvalue weighted by Gasteiger charge is 2.08. The normalized spacial score (nSPS) is 11.0. The highest BCUT2D eigenvalue weighted by molar-refractivity contribution is 6.30. The van der Waals surface area contributed by atoms with Crippen molar-refractivity contribution >= 4 is 11.6 Å². The van der Waals surface area contributed by atoms with Gasteiger partial charge < -0.3 is 5.73 Å². The Labute approximate surface area is 132 Å². The van der Waals surface area contributed by atoms with E-state index in [0.29, 0.717) is 0 Å². The van der Waals surface area contributed by atoms with E-state index in [1.165, 1.54) is 16.7 Å². The van der Waals surface area contributed by atoms with Gasteiger partial charge in [0.25, 0.3) is 0 Å². The van der Waals surface area contributed by atoms with Crippen molar-refractivity contribution < 1.29 is 0 Å². The second-order valence-electron chi connectivity index (χ2n) is 5.41. The van der Waals surface area contributed by atoms with Crippen LogP contribution in [0.5, 0.6) is 0 Å². The molecule has 0 amide bonds. The molecule has 2 nitrogen and oxygen atoms in total. The Morgan fingerprint density at radius 1 is 1.05 bits per heavy atom. The average molecular weight is 303 g/mol. The molecule has 0 aliphatic heterocycles. The first-order valence-corrected chi connectivity index (χ1v) is 7.78. The van der Waals surface area contributed by atoms with Gasteiger partial charge >= 0.3 is 0 Å². The number of rotatable bonds is 7. The maximum atomic E-state index is 6.04. The molecule has 0 unspecified atom stereocenters. The zero-order valence-corrected chi connectivity index (χ0v) is 13.3. The molecule has 3 heteroatoms. The summed E-state index contributed by atoms with van der Waals surface area (Å²) < 4.78 is 0. The molecule has 2 N–H and O–H groups in total. The predicted molar refractivity (Wildman–Crippen MR) is 90.4 cm³/mol. The number of aryl methyl sites for hydroxylation is 1. The molecule has 0 saturated heterocycles. The van der Waals surface area contributed by atoms with Crippen LogP contribution in [0.15, 0.2) is 48.5 Å². The quantitative estimate of drug-likeness (QED) is 0.837. The first-order chi connectivity index (χ1) is 10.2. The lowest BCUT2D eigenvalue weighted by atomic mass is 10.1. The zero-order valence-electron chi connectivity index (χ0n) is 12.6. The van der Waals surface area contributed by atoms with Gasteiger partial charge in [0.15, 0.2) is 0 Å². The number of halogens is 1. The van der Waals surface area contributed by atoms with E-state index in [0.717, 1.165) is 37.6 Å². The lowest BCUT2D eigenvalue weighted by Crippen LogP contribution is -2.26. The highest BCUT2D eigenvalue weighted by atomic mass is 35.5. The molecular formula is C18H23ClN2. The molecule has 0 bridgehead atoms. The van der Waals surface area contributed by atoms with Crippen LogP contribution in [0.1, 0.15) is 23.1 Å². The third-order valence-electron chi connectivity index (χ3n) is 3.63. The summed E-state index contributed by atoms with van der Waals surface area (Å²) in [6, 6.07) is 16.7. The van der Waals surface area contributed by atoms with Crippen LogP contribution in [0, 0.1) is 6.92 Å². The standard InChI is InChI=1S/C18H23ClN2/c1-15-12-18(19)9-8-17(15)14-21(11-5-10-20)13-16-6-3-2-4-7-16/h2-4,6-9,12H,5,10-11,13-14,20H2,1H3. The third kappa shape index (κ3) is 5.16. The fourth-order valence-electron chi connectivity index (χ4n) is 2.45. The number of hydrogen-bond acceptors (Lipinski definition) is 2. The van der Waals surface area contributed by atoms with Crippen molar-refractivity contribution in [1.29, 1.82) is 0 Å². The summed E-state index contributed by atoms with van der Waals surface area (Å²) in [4.78, 5) is 2.44. The maximum Gasteiger partial charge on any atom is 0.0408 e. The van der Waals surface area contributed by atoms with Gasteiger partial charge in [0.05, 0.1) is 0 Å². The van der Waals surface area contributed by atoms with E-state index in [4.69, 9.17) is 17.3 Å². The third-order valence-corrected chi connectivity index (χ3v) is 3.86. The Kier molecular flexibility index (Phi) is 6.24. The van der Waals surface area contributed by atoms with Crippen molar-refractivity contribution in [2.24, 2.45) is 5.73 Å². The zero-order chi connectivity index (χ0) is 15.1. The Morgan fingerprint density at radius 3 is 2.48 bits per heavy atom. The Morgan fingerprint density at radius 2 is 1.81 bits per heavy atom. The largest absolute Gasteiger partial charge is 0.330 e. The van der Waals surface area contributed by atoms with Gasteiger partial charge in [0.1, 0.15) is 0 Å². The molecule has 0 saturated carbocycles. The lowest BCUT2D eigenvalue weighted by molar-refractivity contribution is 0.254. The first-order valence-electron chi connectivity index (χ1n) is 7.40. The van der Waals surface area contributed by atoms with Crippen molar-refractivity contribution in [3.05, 3.63) is 70.2 Å². The van der Waals surface area contributed by atoms with Gasteiger partial charge in [-0.05, 0) is 48.7 Å². The molecule has 112 valence electrons. The smallest absolute Gasteiger partial charge is 0.0408 e. The molecule has 0 spiro atoms. The van der Waals surface area contributed by atoms with Crippen molar-refractivity contribution in [1.82, 2.24) is 4.90 Å². The van der Waals surface area contributed by atoms with Crippen LogP contribution in [-0.2, 0) is 13.1 Å². The average Bonchev–Trinajstić information content (AvgIpc) is 2.48. The fourth-order valence-corrected chi connectivity index (χ4v) is 2.67. The molecule has 2 rings (SSSR count). The minimum absolute atomic E-state index is 0.727. The highest BCUT2D eigenvalue weighted by Crippen LogP contribution is 2.18. The summed E-state index contributed by atoms with van der Waals surface area (Å²) in [5.41, 5.74) is 9.57. The molecule has 0 fully saturated rings. The monoisotopic (exact) mass is 302 g/mol. The number of benzene rings is 2. The number of nitrogens with zero attached hydrogens (tertiary/aromatic N) is 1. The molecule has 0 atom stereocenters. The summed E-state index contributed by atoms with van der Waals surface area (Å²) >= 11 is 6.04. The van der Waals surface area contributed by atoms with Gasteiger partial charge in [0.2, 0.25) is 0 Å². The summed E-state index contributed by atoms with van der Waals surface area (Å²) in [7, 11) is 0. The molecule has 0 aliphatic carbocycles. The molecular weight excluding hydrogens is 280 g/mol. The van der Waals surface area contributed by atoms with Crippen LogP contribution in [-0.4, -0.2) is 18.0 Å². The van der Waals surface area contributed by atoms with Crippen LogP contribution in [0.2, 0.25) is 5.02 Å². The van der Waals surface area contributed by atoms with Gasteiger partial charge in [-0.25, -0.2) is 0 Å². The molecule has 0 heterocycles. The summed E-state index contributed by atoms with van der Waals surface area (Å²) in [5.74, 6) is 0. The summed E-state index contributed by atoms with van der Waals surface area (Å²) in [6.07, 6.45) is 1.01. The van der Waals surface area contributed by atoms with Gasteiger partial charge in [0, 0.05) is 24.7 Å². The van der Waals surface area contributed by atoms with E-state index < -0.39 is 0 Å². The second kappa shape index (κ2) is 8.18. The van der Waals surface area contributed by atoms with Gasteiger partial charge in [-0.3, -0.25) is 4.90 Å². The van der Waals surface area contributed by atoms with E-state index in [9.17, 15) is 0 Å². The van der Waals surface area contributed by atoms with Crippen molar-refractivity contribution in [2.75, 3.05) is 13.1 Å². The van der Waals surface area contributed by atoms with Crippen molar-refractivity contribution in [2.45, 2.75) is 26.4 Å². The fraction of sp³-hybridized carbons (Fsp3) is 0.333. The SMILES string of the molecule is Cc1cc(Cl)ccc1CN(CCCN)Cc1ccccc1. The van der Waals surface area contributed by atoms with E-state index in [-0.39, 0.29) is 0 Å². The van der Waals surface area contributed by atoms with Crippen molar-refractivity contribution in [3.8, 4) is 0 Å². The van der Waals surface area contributed by atoms with Crippen LogP contribution in [0.3, 0.4) is 0 Å². The van der Waals surface area contributed by atoms with Crippen LogP contribution in [0.4, 0.5) is 0 Å². The Bertz CT molecular complexity index is 554. The van der Waals surface area contributed by atoms with E-state index in [2.05, 4.69) is 48.2 Å². The number of nitrogens with two attached hydrogens (primary N) is 1. The molecule has 2 aromatic carbocycles. The molecule has 2 aromatic rings. The van der Waals surface area contributed by atoms with Gasteiger partial charge in [-0.15, -0.1) is 0 Å². The first kappa shape index (κ1) is 16.0. The Balaban J connectivity index is 2.08. The van der Waals surface area contributed by atoms with Crippen LogP contribution in [0.25, 0.3) is 0 Å². The maximum absolute atomic E-state index is 6.04. The van der Waals surface area contributed by atoms with Gasteiger partial charge in [-0.1, -0.05) is 48.0 Å². The van der Waals surface area contributed by atoms with E-state index in [1.807, 2.05) is 12.1 Å².